The minimum absolute atomic E-state index is 0.00855. The molecule has 0 atom stereocenters. The zero-order valence-corrected chi connectivity index (χ0v) is 18.6. The summed E-state index contributed by atoms with van der Waals surface area (Å²) in [4.78, 5) is 38.6. The van der Waals surface area contributed by atoms with Gasteiger partial charge in [0.15, 0.2) is 11.5 Å². The molecule has 0 spiro atoms. The molecule has 7 nitrogen and oxygen atoms in total. The number of carbonyl (C=O) groups is 3. The molecule has 158 valence electrons. The van der Waals surface area contributed by atoms with Crippen LogP contribution >= 0.6 is 27.5 Å². The Labute approximate surface area is 192 Å². The predicted octanol–water partition coefficient (Wildman–Crippen LogP) is 4.18. The van der Waals surface area contributed by atoms with Crippen molar-refractivity contribution in [2.75, 3.05) is 18.1 Å². The molecule has 2 aromatic carbocycles. The summed E-state index contributed by atoms with van der Waals surface area (Å²) in [5.74, 6) is 1.33. The number of imide groups is 2. The van der Waals surface area contributed by atoms with Gasteiger partial charge in [0.2, 0.25) is 0 Å². The quantitative estimate of drug-likeness (QED) is 0.363. The lowest BCUT2D eigenvalue weighted by molar-refractivity contribution is -0.122. The van der Waals surface area contributed by atoms with E-state index in [-0.39, 0.29) is 23.0 Å². The van der Waals surface area contributed by atoms with E-state index >= 15 is 0 Å². The van der Waals surface area contributed by atoms with E-state index in [0.29, 0.717) is 23.6 Å². The normalized spacial score (nSPS) is 15.0. The molecule has 3 rings (SSSR count). The number of anilines is 1. The summed E-state index contributed by atoms with van der Waals surface area (Å²) in [5.41, 5.74) is 0.485. The van der Waals surface area contributed by atoms with Gasteiger partial charge >= 0.3 is 6.03 Å². The molecule has 1 aliphatic rings. The van der Waals surface area contributed by atoms with Crippen LogP contribution in [-0.2, 0) is 9.59 Å². The molecular formula is C22H16BrClN2O5. The third-order valence-electron chi connectivity index (χ3n) is 4.13. The maximum atomic E-state index is 13.0. The van der Waals surface area contributed by atoms with Crippen molar-refractivity contribution in [2.24, 2.45) is 0 Å². The highest BCUT2D eigenvalue weighted by Gasteiger charge is 2.36. The summed E-state index contributed by atoms with van der Waals surface area (Å²) < 4.78 is 11.8. The van der Waals surface area contributed by atoms with Crippen LogP contribution in [0.5, 0.6) is 11.5 Å². The van der Waals surface area contributed by atoms with Gasteiger partial charge in [-0.1, -0.05) is 33.5 Å². The van der Waals surface area contributed by atoms with Crippen molar-refractivity contribution < 1.29 is 23.9 Å². The smallest absolute Gasteiger partial charge is 0.335 e. The van der Waals surface area contributed by atoms with Gasteiger partial charge in [-0.3, -0.25) is 14.9 Å². The van der Waals surface area contributed by atoms with Crippen molar-refractivity contribution in [3.8, 4) is 23.8 Å². The van der Waals surface area contributed by atoms with Crippen LogP contribution in [0.25, 0.3) is 6.08 Å². The molecule has 0 saturated carbocycles. The van der Waals surface area contributed by atoms with Crippen molar-refractivity contribution in [2.45, 2.75) is 6.92 Å². The molecule has 4 amide bonds. The number of rotatable bonds is 6. The van der Waals surface area contributed by atoms with Gasteiger partial charge in [-0.2, -0.15) is 0 Å². The number of amides is 4. The third kappa shape index (κ3) is 4.90. The molecular weight excluding hydrogens is 488 g/mol. The van der Waals surface area contributed by atoms with Crippen LogP contribution in [0.15, 0.2) is 46.4 Å². The molecule has 31 heavy (non-hydrogen) atoms. The Balaban J connectivity index is 2.02. The maximum absolute atomic E-state index is 13.0. The minimum atomic E-state index is -0.833. The van der Waals surface area contributed by atoms with Crippen LogP contribution in [-0.4, -0.2) is 31.1 Å². The van der Waals surface area contributed by atoms with Gasteiger partial charge in [0.25, 0.3) is 11.8 Å². The van der Waals surface area contributed by atoms with Gasteiger partial charge in [-0.05, 0) is 55.0 Å². The van der Waals surface area contributed by atoms with Gasteiger partial charge in [-0.25, -0.2) is 9.69 Å². The van der Waals surface area contributed by atoms with Crippen molar-refractivity contribution in [1.29, 1.82) is 0 Å². The SMILES string of the molecule is C#CCOc1c(Cl)cc(/C=C2\C(=O)NC(=O)N(c3ccc(Br)cc3)C2=O)cc1OCC. The summed E-state index contributed by atoms with van der Waals surface area (Å²) >= 11 is 9.60. The Morgan fingerprint density at radius 3 is 2.55 bits per heavy atom. The largest absolute Gasteiger partial charge is 0.490 e. The van der Waals surface area contributed by atoms with Crippen molar-refractivity contribution in [3.05, 3.63) is 57.0 Å². The maximum Gasteiger partial charge on any atom is 0.335 e. The summed E-state index contributed by atoms with van der Waals surface area (Å²) in [6.07, 6.45) is 6.56. The van der Waals surface area contributed by atoms with Crippen LogP contribution in [0, 0.1) is 12.3 Å². The second-order valence-electron chi connectivity index (χ2n) is 6.19. The highest BCUT2D eigenvalue weighted by atomic mass is 79.9. The fourth-order valence-corrected chi connectivity index (χ4v) is 3.37. The number of benzene rings is 2. The molecule has 1 saturated heterocycles. The van der Waals surface area contributed by atoms with E-state index in [2.05, 4.69) is 27.2 Å². The monoisotopic (exact) mass is 502 g/mol. The van der Waals surface area contributed by atoms with E-state index in [1.807, 2.05) is 0 Å². The number of urea groups is 1. The fraction of sp³-hybridized carbons (Fsp3) is 0.136. The Hall–Kier alpha value is -3.28. The predicted molar refractivity (Wildman–Crippen MR) is 120 cm³/mol. The van der Waals surface area contributed by atoms with E-state index in [1.165, 1.54) is 12.1 Å². The van der Waals surface area contributed by atoms with Gasteiger partial charge in [-0.15, -0.1) is 6.42 Å². The van der Waals surface area contributed by atoms with Gasteiger partial charge in [0.05, 0.1) is 17.3 Å². The lowest BCUT2D eigenvalue weighted by atomic mass is 10.1. The lowest BCUT2D eigenvalue weighted by Crippen LogP contribution is -2.54. The molecule has 2 aromatic rings. The standard InChI is InChI=1S/C22H16BrClN2O5/c1-3-9-31-19-17(24)11-13(12-18(19)30-4-2)10-16-20(27)25-22(29)26(21(16)28)15-7-5-14(23)6-8-15/h1,5-8,10-12H,4,9H2,2H3,(H,25,27,29)/b16-10+. The molecule has 0 unspecified atom stereocenters. The molecule has 1 heterocycles. The first-order valence-electron chi connectivity index (χ1n) is 9.05. The number of ether oxygens (including phenoxy) is 2. The Morgan fingerprint density at radius 2 is 1.90 bits per heavy atom. The first-order valence-corrected chi connectivity index (χ1v) is 10.2. The van der Waals surface area contributed by atoms with Gasteiger partial charge in [0, 0.05) is 4.47 Å². The molecule has 0 radical (unpaired) electrons. The molecule has 9 heteroatoms. The average molecular weight is 504 g/mol. The average Bonchev–Trinajstić information content (AvgIpc) is 2.72. The van der Waals surface area contributed by atoms with Crippen LogP contribution in [0.4, 0.5) is 10.5 Å². The van der Waals surface area contributed by atoms with E-state index < -0.39 is 17.8 Å². The first kappa shape index (κ1) is 22.4. The molecule has 1 fully saturated rings. The molecule has 1 aliphatic heterocycles. The van der Waals surface area contributed by atoms with E-state index in [1.54, 1.807) is 37.3 Å². The minimum Gasteiger partial charge on any atom is -0.490 e. The van der Waals surface area contributed by atoms with Gasteiger partial charge in [0.1, 0.15) is 12.2 Å². The topological polar surface area (TPSA) is 84.9 Å². The second-order valence-corrected chi connectivity index (χ2v) is 7.51. The van der Waals surface area contributed by atoms with Crippen LogP contribution in [0.3, 0.4) is 0 Å². The third-order valence-corrected chi connectivity index (χ3v) is 4.94. The van der Waals surface area contributed by atoms with E-state index in [0.717, 1.165) is 9.37 Å². The highest BCUT2D eigenvalue weighted by molar-refractivity contribution is 9.10. The van der Waals surface area contributed by atoms with Gasteiger partial charge < -0.3 is 9.47 Å². The number of hydrogen-bond acceptors (Lipinski definition) is 5. The number of carbonyl (C=O) groups excluding carboxylic acids is 3. The molecule has 0 aliphatic carbocycles. The highest BCUT2D eigenvalue weighted by Crippen LogP contribution is 2.37. The summed E-state index contributed by atoms with van der Waals surface area (Å²) in [7, 11) is 0. The van der Waals surface area contributed by atoms with E-state index in [9.17, 15) is 14.4 Å². The van der Waals surface area contributed by atoms with Crippen molar-refractivity contribution >= 4 is 57.1 Å². The van der Waals surface area contributed by atoms with Crippen LogP contribution in [0.2, 0.25) is 5.02 Å². The first-order chi connectivity index (χ1) is 14.8. The van der Waals surface area contributed by atoms with Crippen LogP contribution in [0.1, 0.15) is 12.5 Å². The number of terminal acetylenes is 1. The Bertz CT molecular complexity index is 1120. The van der Waals surface area contributed by atoms with Crippen molar-refractivity contribution in [3.63, 3.8) is 0 Å². The molecule has 0 bridgehead atoms. The zero-order chi connectivity index (χ0) is 22.5. The summed E-state index contributed by atoms with van der Waals surface area (Å²) in [6, 6.07) is 8.75. The van der Waals surface area contributed by atoms with Crippen LogP contribution < -0.4 is 19.7 Å². The zero-order valence-electron chi connectivity index (χ0n) is 16.3. The number of halogens is 2. The summed E-state index contributed by atoms with van der Waals surface area (Å²) in [5, 5.41) is 2.37. The number of hydrogen-bond donors (Lipinski definition) is 1. The number of nitrogens with zero attached hydrogens (tertiary/aromatic N) is 1. The second kappa shape index (κ2) is 9.69. The Morgan fingerprint density at radius 1 is 1.19 bits per heavy atom. The molecule has 1 N–H and O–H groups in total. The number of barbiturate groups is 1. The van der Waals surface area contributed by atoms with E-state index in [4.69, 9.17) is 27.5 Å². The summed E-state index contributed by atoms with van der Waals surface area (Å²) in [6.45, 7) is 2.10. The Kier molecular flexibility index (Phi) is 7.00. The lowest BCUT2D eigenvalue weighted by Gasteiger charge is -2.26. The van der Waals surface area contributed by atoms with Crippen molar-refractivity contribution in [1.82, 2.24) is 5.32 Å². The fourth-order valence-electron chi connectivity index (χ4n) is 2.84. The number of nitrogens with one attached hydrogen (secondary N) is 1. The molecule has 0 aromatic heterocycles.